The summed E-state index contributed by atoms with van der Waals surface area (Å²) in [4.78, 5) is 19.0. The molecule has 22 heavy (non-hydrogen) atoms. The Labute approximate surface area is 130 Å². The molecule has 1 saturated heterocycles. The second-order valence-electron chi connectivity index (χ2n) is 5.95. The number of nitrogens with zero attached hydrogens (tertiary/aromatic N) is 5. The van der Waals surface area contributed by atoms with Crippen molar-refractivity contribution >= 4 is 5.91 Å². The zero-order chi connectivity index (χ0) is 15.7. The van der Waals surface area contributed by atoms with E-state index in [4.69, 9.17) is 0 Å². The van der Waals surface area contributed by atoms with Gasteiger partial charge >= 0.3 is 0 Å². The molecule has 3 heterocycles. The highest BCUT2D eigenvalue weighted by molar-refractivity contribution is 5.93. The molecule has 0 radical (unpaired) electrons. The van der Waals surface area contributed by atoms with Crippen molar-refractivity contribution < 1.29 is 4.79 Å². The van der Waals surface area contributed by atoms with Crippen molar-refractivity contribution in [2.45, 2.75) is 46.2 Å². The van der Waals surface area contributed by atoms with Crippen LogP contribution in [0.5, 0.6) is 0 Å². The Morgan fingerprint density at radius 2 is 2.18 bits per heavy atom. The lowest BCUT2D eigenvalue weighted by Gasteiger charge is -2.34. The second-order valence-corrected chi connectivity index (χ2v) is 5.95. The van der Waals surface area contributed by atoms with E-state index in [-0.39, 0.29) is 5.91 Å². The Morgan fingerprint density at radius 1 is 1.36 bits per heavy atom. The first-order valence-electron chi connectivity index (χ1n) is 7.92. The Bertz CT molecular complexity index is 652. The number of hydrogen-bond acceptors (Lipinski definition) is 3. The predicted molar refractivity (Wildman–Crippen MR) is 83.8 cm³/mol. The quantitative estimate of drug-likeness (QED) is 0.873. The van der Waals surface area contributed by atoms with Gasteiger partial charge in [-0.2, -0.15) is 5.10 Å². The van der Waals surface area contributed by atoms with Crippen LogP contribution < -0.4 is 0 Å². The SMILES string of the molecule is CCn1cc(C(=O)N2CCCC(n3c(C)cnc3C)C2)cn1. The fourth-order valence-corrected chi connectivity index (χ4v) is 3.30. The standard InChI is InChI=1S/C16H23N5O/c1-4-20-10-14(9-18-20)16(22)19-7-5-6-15(11-19)21-12(2)8-17-13(21)3/h8-10,15H,4-7,11H2,1-3H3. The molecule has 1 aliphatic rings. The maximum absolute atomic E-state index is 12.7. The zero-order valence-electron chi connectivity index (χ0n) is 13.5. The number of likely N-dealkylation sites (tertiary alicyclic amines) is 1. The Balaban J connectivity index is 1.77. The van der Waals surface area contributed by atoms with Gasteiger partial charge in [0.1, 0.15) is 5.82 Å². The monoisotopic (exact) mass is 301 g/mol. The fourth-order valence-electron chi connectivity index (χ4n) is 3.30. The van der Waals surface area contributed by atoms with E-state index >= 15 is 0 Å². The van der Waals surface area contributed by atoms with Gasteiger partial charge in [0, 0.05) is 37.7 Å². The lowest BCUT2D eigenvalue weighted by Crippen LogP contribution is -2.41. The van der Waals surface area contributed by atoms with Crippen molar-refractivity contribution in [3.63, 3.8) is 0 Å². The van der Waals surface area contributed by atoms with Crippen molar-refractivity contribution in [2.24, 2.45) is 0 Å². The molecular formula is C16H23N5O. The van der Waals surface area contributed by atoms with E-state index in [2.05, 4.69) is 21.6 Å². The van der Waals surface area contributed by atoms with Crippen LogP contribution in [0.1, 0.15) is 47.7 Å². The molecule has 2 aromatic heterocycles. The van der Waals surface area contributed by atoms with Crippen LogP contribution in [0.15, 0.2) is 18.6 Å². The molecule has 0 spiro atoms. The number of hydrogen-bond donors (Lipinski definition) is 0. The van der Waals surface area contributed by atoms with E-state index in [0.717, 1.165) is 44.0 Å². The normalized spacial score (nSPS) is 18.7. The number of aryl methyl sites for hydroxylation is 3. The molecule has 6 nitrogen and oxygen atoms in total. The number of imidazole rings is 1. The lowest BCUT2D eigenvalue weighted by atomic mass is 10.0. The van der Waals surface area contributed by atoms with Crippen molar-refractivity contribution in [3.8, 4) is 0 Å². The summed E-state index contributed by atoms with van der Waals surface area (Å²) in [6.45, 7) is 8.46. The molecule has 0 N–H and O–H groups in total. The average Bonchev–Trinajstić information content (AvgIpc) is 3.13. The van der Waals surface area contributed by atoms with E-state index in [1.54, 1.807) is 10.9 Å². The largest absolute Gasteiger partial charge is 0.336 e. The van der Waals surface area contributed by atoms with Gasteiger partial charge in [-0.15, -0.1) is 0 Å². The maximum Gasteiger partial charge on any atom is 0.257 e. The van der Waals surface area contributed by atoms with Gasteiger partial charge in [-0.1, -0.05) is 0 Å². The summed E-state index contributed by atoms with van der Waals surface area (Å²) < 4.78 is 4.05. The summed E-state index contributed by atoms with van der Waals surface area (Å²) in [6.07, 6.45) is 7.52. The third kappa shape index (κ3) is 2.65. The number of rotatable bonds is 3. The minimum absolute atomic E-state index is 0.0832. The summed E-state index contributed by atoms with van der Waals surface area (Å²) in [6, 6.07) is 0.321. The van der Waals surface area contributed by atoms with Crippen LogP contribution >= 0.6 is 0 Å². The first-order valence-corrected chi connectivity index (χ1v) is 7.92. The first kappa shape index (κ1) is 14.8. The minimum Gasteiger partial charge on any atom is -0.336 e. The highest BCUT2D eigenvalue weighted by Gasteiger charge is 2.27. The lowest BCUT2D eigenvalue weighted by molar-refractivity contribution is 0.0677. The molecule has 0 saturated carbocycles. The van der Waals surface area contributed by atoms with Crippen LogP contribution in [0.25, 0.3) is 0 Å². The van der Waals surface area contributed by atoms with Gasteiger partial charge in [0.05, 0.1) is 17.8 Å². The molecule has 1 atom stereocenters. The van der Waals surface area contributed by atoms with Crippen LogP contribution in [-0.4, -0.2) is 43.2 Å². The van der Waals surface area contributed by atoms with E-state index in [1.807, 2.05) is 31.1 Å². The summed E-state index contributed by atoms with van der Waals surface area (Å²) in [5.74, 6) is 1.11. The molecule has 0 aliphatic carbocycles. The molecule has 0 bridgehead atoms. The van der Waals surface area contributed by atoms with Gasteiger partial charge < -0.3 is 9.47 Å². The molecule has 3 rings (SSSR count). The Kier molecular flexibility index (Phi) is 4.00. The third-order valence-corrected chi connectivity index (χ3v) is 4.42. The minimum atomic E-state index is 0.0832. The van der Waals surface area contributed by atoms with Gasteiger partial charge in [0.2, 0.25) is 0 Å². The summed E-state index contributed by atoms with van der Waals surface area (Å²) >= 11 is 0. The van der Waals surface area contributed by atoms with Crippen LogP contribution in [0, 0.1) is 13.8 Å². The van der Waals surface area contributed by atoms with Crippen LogP contribution in [0.3, 0.4) is 0 Å². The summed E-state index contributed by atoms with van der Waals surface area (Å²) in [5, 5.41) is 4.20. The van der Waals surface area contributed by atoms with Gasteiger partial charge in [-0.3, -0.25) is 9.48 Å². The van der Waals surface area contributed by atoms with Crippen LogP contribution in [0.4, 0.5) is 0 Å². The molecule has 2 aromatic rings. The van der Waals surface area contributed by atoms with Gasteiger partial charge in [-0.25, -0.2) is 4.98 Å². The molecule has 1 fully saturated rings. The summed E-state index contributed by atoms with van der Waals surface area (Å²) in [7, 11) is 0. The van der Waals surface area contributed by atoms with Crippen molar-refractivity contribution in [1.82, 2.24) is 24.2 Å². The van der Waals surface area contributed by atoms with Crippen molar-refractivity contribution in [3.05, 3.63) is 35.7 Å². The third-order valence-electron chi connectivity index (χ3n) is 4.42. The van der Waals surface area contributed by atoms with Crippen LogP contribution in [0.2, 0.25) is 0 Å². The Hall–Kier alpha value is -2.11. The zero-order valence-corrected chi connectivity index (χ0v) is 13.5. The highest BCUT2D eigenvalue weighted by atomic mass is 16.2. The smallest absolute Gasteiger partial charge is 0.257 e. The van der Waals surface area contributed by atoms with E-state index in [0.29, 0.717) is 11.6 Å². The fraction of sp³-hybridized carbons (Fsp3) is 0.562. The number of carbonyl (C=O) groups excluding carboxylic acids is 1. The maximum atomic E-state index is 12.7. The number of aromatic nitrogens is 4. The molecule has 1 amide bonds. The van der Waals surface area contributed by atoms with E-state index in [9.17, 15) is 4.79 Å². The molecular weight excluding hydrogens is 278 g/mol. The van der Waals surface area contributed by atoms with Crippen LogP contribution in [-0.2, 0) is 6.54 Å². The molecule has 1 aliphatic heterocycles. The average molecular weight is 301 g/mol. The molecule has 0 aromatic carbocycles. The van der Waals surface area contributed by atoms with Gasteiger partial charge in [0.25, 0.3) is 5.91 Å². The van der Waals surface area contributed by atoms with E-state index < -0.39 is 0 Å². The first-order chi connectivity index (χ1) is 10.6. The Morgan fingerprint density at radius 3 is 2.82 bits per heavy atom. The molecule has 1 unspecified atom stereocenters. The summed E-state index contributed by atoms with van der Waals surface area (Å²) in [5.41, 5.74) is 1.84. The highest BCUT2D eigenvalue weighted by Crippen LogP contribution is 2.25. The number of piperidine rings is 1. The molecule has 6 heteroatoms. The predicted octanol–water partition coefficient (Wildman–Crippen LogP) is 2.19. The van der Waals surface area contributed by atoms with Gasteiger partial charge in [0.15, 0.2) is 0 Å². The number of amides is 1. The molecule has 118 valence electrons. The van der Waals surface area contributed by atoms with Crippen molar-refractivity contribution in [2.75, 3.05) is 13.1 Å². The van der Waals surface area contributed by atoms with Crippen molar-refractivity contribution in [1.29, 1.82) is 0 Å². The number of carbonyl (C=O) groups is 1. The van der Waals surface area contributed by atoms with E-state index in [1.165, 1.54) is 0 Å². The topological polar surface area (TPSA) is 56.0 Å². The second kappa shape index (κ2) is 5.94. The van der Waals surface area contributed by atoms with Gasteiger partial charge in [-0.05, 0) is 33.6 Å².